The zero-order valence-corrected chi connectivity index (χ0v) is 10.9. The predicted octanol–water partition coefficient (Wildman–Crippen LogP) is 1.03. The summed E-state index contributed by atoms with van der Waals surface area (Å²) in [5.74, 6) is 0.467. The van der Waals surface area contributed by atoms with Gasteiger partial charge in [-0.3, -0.25) is 0 Å². The van der Waals surface area contributed by atoms with Crippen molar-refractivity contribution in [2.45, 2.75) is 31.0 Å². The summed E-state index contributed by atoms with van der Waals surface area (Å²) in [4.78, 5) is 4.29. The zero-order chi connectivity index (χ0) is 12.5. The molecule has 0 bridgehead atoms. The molecule has 1 aromatic rings. The molecular formula is C12H20N2O2S. The van der Waals surface area contributed by atoms with Gasteiger partial charge < -0.3 is 15.5 Å². The Morgan fingerprint density at radius 2 is 2.35 bits per heavy atom. The summed E-state index contributed by atoms with van der Waals surface area (Å²) in [6.45, 7) is 3.70. The van der Waals surface area contributed by atoms with E-state index in [0.29, 0.717) is 5.75 Å². The summed E-state index contributed by atoms with van der Waals surface area (Å²) in [5, 5.41) is 22.3. The fourth-order valence-electron chi connectivity index (χ4n) is 1.32. The maximum absolute atomic E-state index is 9.31. The number of nitrogens with one attached hydrogen (secondary N) is 1. The molecule has 0 fully saturated rings. The SMILES string of the molecule is CCCNCc1cccnc1SCC(O)CO. The third-order valence-corrected chi connectivity index (χ3v) is 3.41. The largest absolute Gasteiger partial charge is 0.394 e. The quantitative estimate of drug-likeness (QED) is 0.479. The van der Waals surface area contributed by atoms with E-state index >= 15 is 0 Å². The summed E-state index contributed by atoms with van der Waals surface area (Å²) in [6, 6.07) is 3.94. The van der Waals surface area contributed by atoms with E-state index in [-0.39, 0.29) is 6.61 Å². The third-order valence-electron chi connectivity index (χ3n) is 2.22. The third kappa shape index (κ3) is 5.50. The first kappa shape index (κ1) is 14.4. The highest BCUT2D eigenvalue weighted by Gasteiger charge is 2.07. The predicted molar refractivity (Wildman–Crippen MR) is 70.1 cm³/mol. The lowest BCUT2D eigenvalue weighted by Gasteiger charge is -2.10. The van der Waals surface area contributed by atoms with Crippen molar-refractivity contribution in [1.82, 2.24) is 10.3 Å². The number of nitrogens with zero attached hydrogens (tertiary/aromatic N) is 1. The highest BCUT2D eigenvalue weighted by Crippen LogP contribution is 2.20. The Hall–Kier alpha value is -0.620. The molecule has 4 nitrogen and oxygen atoms in total. The smallest absolute Gasteiger partial charge is 0.101 e. The molecule has 5 heteroatoms. The second-order valence-electron chi connectivity index (χ2n) is 3.79. The molecule has 1 aromatic heterocycles. The van der Waals surface area contributed by atoms with Crippen molar-refractivity contribution in [2.24, 2.45) is 0 Å². The van der Waals surface area contributed by atoms with E-state index in [1.54, 1.807) is 6.20 Å². The maximum atomic E-state index is 9.31. The van der Waals surface area contributed by atoms with E-state index in [0.717, 1.165) is 30.1 Å². The highest BCUT2D eigenvalue weighted by molar-refractivity contribution is 7.99. The molecule has 0 aliphatic carbocycles. The standard InChI is InChI=1S/C12H20N2O2S/c1-2-5-13-7-10-4-3-6-14-12(10)17-9-11(16)8-15/h3-4,6,11,13,15-16H,2,5,7-9H2,1H3. The van der Waals surface area contributed by atoms with Crippen molar-refractivity contribution in [3.63, 3.8) is 0 Å². The van der Waals surface area contributed by atoms with Gasteiger partial charge in [-0.15, -0.1) is 11.8 Å². The monoisotopic (exact) mass is 256 g/mol. The number of thioether (sulfide) groups is 1. The van der Waals surface area contributed by atoms with Crippen molar-refractivity contribution >= 4 is 11.8 Å². The summed E-state index contributed by atoms with van der Waals surface area (Å²) in [7, 11) is 0. The number of aliphatic hydroxyl groups excluding tert-OH is 2. The van der Waals surface area contributed by atoms with Gasteiger partial charge in [-0.05, 0) is 24.6 Å². The first-order valence-electron chi connectivity index (χ1n) is 5.84. The minimum atomic E-state index is -0.682. The van der Waals surface area contributed by atoms with Crippen LogP contribution < -0.4 is 5.32 Å². The van der Waals surface area contributed by atoms with Crippen LogP contribution in [0.4, 0.5) is 0 Å². The van der Waals surface area contributed by atoms with Crippen LogP contribution in [-0.4, -0.2) is 40.2 Å². The number of aliphatic hydroxyl groups is 2. The van der Waals surface area contributed by atoms with Crippen molar-refractivity contribution in [1.29, 1.82) is 0 Å². The fourth-order valence-corrected chi connectivity index (χ4v) is 2.23. The first-order chi connectivity index (χ1) is 8.27. The molecule has 0 radical (unpaired) electrons. The first-order valence-corrected chi connectivity index (χ1v) is 6.82. The molecule has 0 aliphatic rings. The average molecular weight is 256 g/mol. The number of pyridine rings is 1. The topological polar surface area (TPSA) is 65.4 Å². The van der Waals surface area contributed by atoms with Crippen LogP contribution in [0, 0.1) is 0 Å². The van der Waals surface area contributed by atoms with Crippen molar-refractivity contribution in [3.05, 3.63) is 23.9 Å². The molecule has 1 heterocycles. The molecule has 1 rings (SSSR count). The molecule has 17 heavy (non-hydrogen) atoms. The number of hydrogen-bond acceptors (Lipinski definition) is 5. The van der Waals surface area contributed by atoms with Gasteiger partial charge in [0.05, 0.1) is 12.7 Å². The fraction of sp³-hybridized carbons (Fsp3) is 0.583. The summed E-state index contributed by atoms with van der Waals surface area (Å²) < 4.78 is 0. The lowest BCUT2D eigenvalue weighted by Crippen LogP contribution is -2.16. The van der Waals surface area contributed by atoms with Gasteiger partial charge in [-0.2, -0.15) is 0 Å². The van der Waals surface area contributed by atoms with Crippen LogP contribution in [0.3, 0.4) is 0 Å². The number of aromatic nitrogens is 1. The molecule has 0 aromatic carbocycles. The Morgan fingerprint density at radius 1 is 1.53 bits per heavy atom. The van der Waals surface area contributed by atoms with Crippen LogP contribution in [0.2, 0.25) is 0 Å². The molecule has 0 aliphatic heterocycles. The van der Waals surface area contributed by atoms with Crippen LogP contribution in [0.1, 0.15) is 18.9 Å². The van der Waals surface area contributed by atoms with E-state index in [1.807, 2.05) is 12.1 Å². The molecule has 3 N–H and O–H groups in total. The molecule has 0 amide bonds. The van der Waals surface area contributed by atoms with E-state index < -0.39 is 6.10 Å². The zero-order valence-electron chi connectivity index (χ0n) is 10.1. The Labute approximate surface area is 106 Å². The van der Waals surface area contributed by atoms with E-state index in [1.165, 1.54) is 11.8 Å². The van der Waals surface area contributed by atoms with Crippen LogP contribution in [0.25, 0.3) is 0 Å². The number of rotatable bonds is 8. The van der Waals surface area contributed by atoms with Gasteiger partial charge in [-0.1, -0.05) is 13.0 Å². The van der Waals surface area contributed by atoms with Gasteiger partial charge in [0.25, 0.3) is 0 Å². The van der Waals surface area contributed by atoms with Crippen molar-refractivity contribution in [2.75, 3.05) is 18.9 Å². The van der Waals surface area contributed by atoms with Crippen LogP contribution in [0.5, 0.6) is 0 Å². The van der Waals surface area contributed by atoms with Crippen molar-refractivity contribution < 1.29 is 10.2 Å². The van der Waals surface area contributed by atoms with E-state index in [4.69, 9.17) is 5.11 Å². The van der Waals surface area contributed by atoms with Crippen LogP contribution in [-0.2, 0) is 6.54 Å². The van der Waals surface area contributed by atoms with Crippen molar-refractivity contribution in [3.8, 4) is 0 Å². The molecule has 1 unspecified atom stereocenters. The van der Waals surface area contributed by atoms with Gasteiger partial charge >= 0.3 is 0 Å². The molecule has 96 valence electrons. The minimum absolute atomic E-state index is 0.205. The summed E-state index contributed by atoms with van der Waals surface area (Å²) in [5.41, 5.74) is 1.14. The second kappa shape index (κ2) is 8.47. The lowest BCUT2D eigenvalue weighted by atomic mass is 10.3. The summed E-state index contributed by atoms with van der Waals surface area (Å²) in [6.07, 6.45) is 2.17. The minimum Gasteiger partial charge on any atom is -0.394 e. The van der Waals surface area contributed by atoms with Gasteiger partial charge in [-0.25, -0.2) is 4.98 Å². The van der Waals surface area contributed by atoms with Gasteiger partial charge in [0, 0.05) is 18.5 Å². The molecule has 0 spiro atoms. The van der Waals surface area contributed by atoms with Crippen LogP contribution >= 0.6 is 11.8 Å². The van der Waals surface area contributed by atoms with Gasteiger partial charge in [0.15, 0.2) is 0 Å². The molecule has 0 saturated carbocycles. The molecule has 0 saturated heterocycles. The van der Waals surface area contributed by atoms with Crippen LogP contribution in [0.15, 0.2) is 23.4 Å². The second-order valence-corrected chi connectivity index (χ2v) is 4.80. The maximum Gasteiger partial charge on any atom is 0.101 e. The summed E-state index contributed by atoms with van der Waals surface area (Å²) >= 11 is 1.48. The van der Waals surface area contributed by atoms with Gasteiger partial charge in [0.1, 0.15) is 5.03 Å². The Kier molecular flexibility index (Phi) is 7.19. The lowest BCUT2D eigenvalue weighted by molar-refractivity contribution is 0.113. The molecule has 1 atom stereocenters. The molecular weight excluding hydrogens is 236 g/mol. The van der Waals surface area contributed by atoms with Gasteiger partial charge in [0.2, 0.25) is 0 Å². The highest BCUT2D eigenvalue weighted by atomic mass is 32.2. The Bertz CT molecular complexity index is 323. The Morgan fingerprint density at radius 3 is 3.06 bits per heavy atom. The Balaban J connectivity index is 2.51. The van der Waals surface area contributed by atoms with E-state index in [9.17, 15) is 5.11 Å². The van der Waals surface area contributed by atoms with E-state index in [2.05, 4.69) is 17.2 Å². The number of hydrogen-bond donors (Lipinski definition) is 3. The average Bonchev–Trinajstić information content (AvgIpc) is 2.37. The normalized spacial score (nSPS) is 12.6.